The van der Waals surface area contributed by atoms with Crippen LogP contribution in [-0.2, 0) is 4.79 Å². The van der Waals surface area contributed by atoms with Gasteiger partial charge in [0.2, 0.25) is 0 Å². The minimum Gasteiger partial charge on any atom is -0.493 e. The van der Waals surface area contributed by atoms with Crippen LogP contribution in [0.15, 0.2) is 40.9 Å². The molecule has 2 amide bonds. The molecule has 0 radical (unpaired) electrons. The molecule has 2 rings (SSSR count). The molecule has 0 bridgehead atoms. The van der Waals surface area contributed by atoms with Crippen LogP contribution in [0.4, 0.5) is 0 Å². The molecule has 0 spiro atoms. The Bertz CT molecular complexity index is 899. The highest BCUT2D eigenvalue weighted by Gasteiger charge is 2.18. The largest absolute Gasteiger partial charge is 0.493 e. The van der Waals surface area contributed by atoms with E-state index in [9.17, 15) is 9.59 Å². The number of nitrogens with one attached hydrogen (secondary N) is 2. The number of carbonyl (C=O) groups excluding carboxylic acids is 2. The summed E-state index contributed by atoms with van der Waals surface area (Å²) in [5.41, 5.74) is 7.40. The zero-order chi connectivity index (χ0) is 22.3. The van der Waals surface area contributed by atoms with Gasteiger partial charge >= 0.3 is 0 Å². The zero-order valence-corrected chi connectivity index (χ0v) is 19.6. The van der Waals surface area contributed by atoms with Crippen LogP contribution in [0.3, 0.4) is 0 Å². The molecule has 1 unspecified atom stereocenters. The summed E-state index contributed by atoms with van der Waals surface area (Å²) in [6, 6.07) is 10.8. The second-order valence-corrected chi connectivity index (χ2v) is 8.54. The number of hydrogen-bond acceptors (Lipinski definition) is 4. The summed E-state index contributed by atoms with van der Waals surface area (Å²) in [5, 5.41) is 0. The number of hydrogen-bond donors (Lipinski definition) is 2. The number of rotatable bonds is 8. The van der Waals surface area contributed by atoms with Crippen LogP contribution in [-0.4, -0.2) is 24.5 Å². The van der Waals surface area contributed by atoms with E-state index >= 15 is 0 Å². The van der Waals surface area contributed by atoms with Gasteiger partial charge in [0.25, 0.3) is 11.8 Å². The Labute approximate surface area is 186 Å². The fourth-order valence-electron chi connectivity index (χ4n) is 2.54. The van der Waals surface area contributed by atoms with Crippen LogP contribution in [0.5, 0.6) is 11.5 Å². The third-order valence-electron chi connectivity index (χ3n) is 4.60. The Morgan fingerprint density at radius 1 is 1.00 bits per heavy atom. The number of benzene rings is 2. The molecule has 6 nitrogen and oxygen atoms in total. The maximum atomic E-state index is 12.6. The van der Waals surface area contributed by atoms with Crippen molar-refractivity contribution in [2.75, 3.05) is 6.61 Å². The van der Waals surface area contributed by atoms with E-state index in [-0.39, 0.29) is 0 Å². The fraction of sp³-hybridized carbons (Fsp3) is 0.391. The predicted octanol–water partition coefficient (Wildman–Crippen LogP) is 4.72. The quantitative estimate of drug-likeness (QED) is 0.540. The van der Waals surface area contributed by atoms with Crippen molar-refractivity contribution in [3.63, 3.8) is 0 Å². The Balaban J connectivity index is 1.96. The van der Waals surface area contributed by atoms with Crippen molar-refractivity contribution >= 4 is 27.7 Å². The third-order valence-corrected chi connectivity index (χ3v) is 5.09. The summed E-state index contributed by atoms with van der Waals surface area (Å²) >= 11 is 3.36. The molecule has 0 fully saturated rings. The molecule has 0 heterocycles. The van der Waals surface area contributed by atoms with Gasteiger partial charge in [-0.1, -0.05) is 35.8 Å². The number of hydrazine groups is 1. The second kappa shape index (κ2) is 11.0. The van der Waals surface area contributed by atoms with Crippen LogP contribution >= 0.6 is 15.9 Å². The molecule has 0 saturated heterocycles. The molecular formula is C23H29BrN2O4. The molecule has 0 saturated carbocycles. The summed E-state index contributed by atoms with van der Waals surface area (Å²) in [4.78, 5) is 25.0. The molecule has 0 aliphatic rings. The summed E-state index contributed by atoms with van der Waals surface area (Å²) < 4.78 is 12.2. The van der Waals surface area contributed by atoms with Crippen molar-refractivity contribution in [3.8, 4) is 11.5 Å². The van der Waals surface area contributed by atoms with E-state index in [4.69, 9.17) is 9.47 Å². The van der Waals surface area contributed by atoms with E-state index in [2.05, 4.69) is 40.6 Å². The van der Waals surface area contributed by atoms with Gasteiger partial charge in [-0.3, -0.25) is 20.4 Å². The smallest absolute Gasteiger partial charge is 0.279 e. The maximum absolute atomic E-state index is 12.6. The summed E-state index contributed by atoms with van der Waals surface area (Å²) in [5.74, 6) is 0.627. The lowest BCUT2D eigenvalue weighted by Crippen LogP contribution is -2.47. The number of ether oxygens (including phenoxy) is 2. The Morgan fingerprint density at radius 3 is 2.40 bits per heavy atom. The minimum absolute atomic E-state index is 0.330. The van der Waals surface area contributed by atoms with Crippen LogP contribution in [0.25, 0.3) is 0 Å². The van der Waals surface area contributed by atoms with Gasteiger partial charge in [0.15, 0.2) is 6.10 Å². The van der Waals surface area contributed by atoms with Crippen LogP contribution in [0, 0.1) is 19.8 Å². The standard InChI is InChI=1S/C23H29BrN2O4/c1-14(2)10-11-29-21-9-7-18(24)13-20(21)23(28)26-25-22(27)17(5)30-19-8-6-15(3)16(4)12-19/h6-9,12-14,17H,10-11H2,1-5H3,(H,25,27)(H,26,28). The first kappa shape index (κ1) is 23.7. The topological polar surface area (TPSA) is 76.7 Å². The number of carbonyl (C=O) groups is 2. The second-order valence-electron chi connectivity index (χ2n) is 7.62. The summed E-state index contributed by atoms with van der Waals surface area (Å²) in [6.07, 6.45) is 0.0953. The molecule has 2 aromatic rings. The van der Waals surface area contributed by atoms with Crippen molar-refractivity contribution < 1.29 is 19.1 Å². The van der Waals surface area contributed by atoms with Gasteiger partial charge < -0.3 is 9.47 Å². The lowest BCUT2D eigenvalue weighted by molar-refractivity contribution is -0.128. The molecule has 2 N–H and O–H groups in total. The SMILES string of the molecule is Cc1ccc(OC(C)C(=O)NNC(=O)c2cc(Br)ccc2OCCC(C)C)cc1C. The van der Waals surface area contributed by atoms with Gasteiger partial charge in [-0.2, -0.15) is 0 Å². The van der Waals surface area contributed by atoms with Crippen LogP contribution < -0.4 is 20.3 Å². The first-order valence-electron chi connectivity index (χ1n) is 9.93. The highest BCUT2D eigenvalue weighted by molar-refractivity contribution is 9.10. The first-order chi connectivity index (χ1) is 14.2. The number of aryl methyl sites for hydroxylation is 2. The summed E-state index contributed by atoms with van der Waals surface area (Å²) in [7, 11) is 0. The molecule has 0 aliphatic carbocycles. The maximum Gasteiger partial charge on any atom is 0.279 e. The minimum atomic E-state index is -0.781. The Kier molecular flexibility index (Phi) is 8.72. The molecule has 30 heavy (non-hydrogen) atoms. The monoisotopic (exact) mass is 476 g/mol. The highest BCUT2D eigenvalue weighted by Crippen LogP contribution is 2.24. The van der Waals surface area contributed by atoms with E-state index in [1.165, 1.54) is 0 Å². The van der Waals surface area contributed by atoms with E-state index in [1.54, 1.807) is 25.1 Å². The van der Waals surface area contributed by atoms with E-state index in [0.29, 0.717) is 29.6 Å². The molecule has 0 aromatic heterocycles. The van der Waals surface area contributed by atoms with Crippen molar-refractivity contribution in [1.29, 1.82) is 0 Å². The van der Waals surface area contributed by atoms with Crippen molar-refractivity contribution in [3.05, 3.63) is 57.6 Å². The van der Waals surface area contributed by atoms with Crippen molar-refractivity contribution in [2.24, 2.45) is 5.92 Å². The molecule has 7 heteroatoms. The van der Waals surface area contributed by atoms with Gasteiger partial charge in [-0.25, -0.2) is 0 Å². The predicted molar refractivity (Wildman–Crippen MR) is 121 cm³/mol. The normalized spacial score (nSPS) is 11.7. The summed E-state index contributed by atoms with van der Waals surface area (Å²) in [6.45, 7) is 10.3. The lowest BCUT2D eigenvalue weighted by Gasteiger charge is -2.17. The molecule has 1 atom stereocenters. The van der Waals surface area contributed by atoms with E-state index in [0.717, 1.165) is 22.0 Å². The van der Waals surface area contributed by atoms with Gasteiger partial charge in [0, 0.05) is 4.47 Å². The van der Waals surface area contributed by atoms with Gasteiger partial charge in [0.1, 0.15) is 11.5 Å². The Morgan fingerprint density at radius 2 is 1.73 bits per heavy atom. The average molecular weight is 477 g/mol. The number of amides is 2. The first-order valence-corrected chi connectivity index (χ1v) is 10.7. The average Bonchev–Trinajstić information content (AvgIpc) is 2.69. The molecular weight excluding hydrogens is 448 g/mol. The van der Waals surface area contributed by atoms with Crippen LogP contribution in [0.1, 0.15) is 48.7 Å². The fourth-order valence-corrected chi connectivity index (χ4v) is 2.90. The van der Waals surface area contributed by atoms with E-state index in [1.807, 2.05) is 32.0 Å². The molecule has 162 valence electrons. The number of halogens is 1. The van der Waals surface area contributed by atoms with E-state index < -0.39 is 17.9 Å². The lowest BCUT2D eigenvalue weighted by atomic mass is 10.1. The zero-order valence-electron chi connectivity index (χ0n) is 18.0. The van der Waals surface area contributed by atoms with Crippen molar-refractivity contribution in [2.45, 2.75) is 47.1 Å². The highest BCUT2D eigenvalue weighted by atomic mass is 79.9. The molecule has 2 aromatic carbocycles. The Hall–Kier alpha value is -2.54. The third kappa shape index (κ3) is 7.06. The van der Waals surface area contributed by atoms with Crippen LogP contribution in [0.2, 0.25) is 0 Å². The van der Waals surface area contributed by atoms with Gasteiger partial charge in [-0.05, 0) is 74.6 Å². The van der Waals surface area contributed by atoms with Crippen molar-refractivity contribution in [1.82, 2.24) is 10.9 Å². The van der Waals surface area contributed by atoms with Gasteiger partial charge in [0.05, 0.1) is 12.2 Å². The van der Waals surface area contributed by atoms with Gasteiger partial charge in [-0.15, -0.1) is 0 Å². The molecule has 0 aliphatic heterocycles.